The van der Waals surface area contributed by atoms with Crippen LogP contribution in [0.5, 0.6) is 0 Å². The van der Waals surface area contributed by atoms with Gasteiger partial charge < -0.3 is 5.32 Å². The topological polar surface area (TPSA) is 64.7 Å². The number of para-hydroxylation sites is 1. The SMILES string of the molecule is Cn1cc(C(=O)Nc2cnn(-c3ccccc3)c2C(F)(F)F)c(C(F)(F)F)n1. The van der Waals surface area contributed by atoms with Crippen molar-refractivity contribution < 1.29 is 31.1 Å². The second-order valence-corrected chi connectivity index (χ2v) is 5.67. The molecule has 3 aromatic rings. The summed E-state index contributed by atoms with van der Waals surface area (Å²) in [5, 5.41) is 8.62. The minimum Gasteiger partial charge on any atom is -0.319 e. The molecule has 0 bridgehead atoms. The van der Waals surface area contributed by atoms with Gasteiger partial charge in [0.1, 0.15) is 0 Å². The van der Waals surface area contributed by atoms with Gasteiger partial charge in [-0.15, -0.1) is 0 Å². The first-order chi connectivity index (χ1) is 13.0. The molecule has 12 heteroatoms. The Kier molecular flexibility index (Phi) is 4.65. The zero-order chi connectivity index (χ0) is 20.7. The minimum atomic E-state index is -4.95. The third kappa shape index (κ3) is 3.70. The number of nitrogens with one attached hydrogen (secondary N) is 1. The fraction of sp³-hybridized carbons (Fsp3) is 0.188. The van der Waals surface area contributed by atoms with E-state index in [1.165, 1.54) is 24.3 Å². The predicted octanol–water partition coefficient (Wildman–Crippen LogP) is 3.90. The Morgan fingerprint density at radius 2 is 1.68 bits per heavy atom. The number of halogens is 6. The molecule has 0 aliphatic heterocycles. The Hall–Kier alpha value is -3.31. The molecular weight excluding hydrogens is 392 g/mol. The van der Waals surface area contributed by atoms with Crippen molar-refractivity contribution in [2.24, 2.45) is 7.05 Å². The van der Waals surface area contributed by atoms with Gasteiger partial charge in [-0.25, -0.2) is 4.68 Å². The van der Waals surface area contributed by atoms with E-state index in [1.807, 2.05) is 5.32 Å². The number of aromatic nitrogens is 4. The lowest BCUT2D eigenvalue weighted by Gasteiger charge is -2.13. The van der Waals surface area contributed by atoms with E-state index in [2.05, 4.69) is 10.2 Å². The lowest BCUT2D eigenvalue weighted by atomic mass is 10.2. The molecule has 0 aliphatic rings. The van der Waals surface area contributed by atoms with Crippen LogP contribution in [0.1, 0.15) is 21.7 Å². The average molecular weight is 403 g/mol. The maximum absolute atomic E-state index is 13.5. The van der Waals surface area contributed by atoms with E-state index in [-0.39, 0.29) is 5.69 Å². The molecule has 3 rings (SSSR count). The highest BCUT2D eigenvalue weighted by Gasteiger charge is 2.41. The monoisotopic (exact) mass is 403 g/mol. The Labute approximate surface area is 153 Å². The molecule has 2 heterocycles. The Morgan fingerprint density at radius 3 is 2.25 bits per heavy atom. The van der Waals surface area contributed by atoms with Crippen LogP contribution in [0, 0.1) is 0 Å². The highest BCUT2D eigenvalue weighted by molar-refractivity contribution is 6.05. The molecule has 2 aromatic heterocycles. The molecule has 1 amide bonds. The van der Waals surface area contributed by atoms with Crippen LogP contribution in [0.4, 0.5) is 32.0 Å². The molecule has 0 saturated heterocycles. The standard InChI is InChI=1S/C16H11F6N5O/c1-26-8-10(12(25-26)15(17,18)19)14(28)24-11-7-23-27(13(11)16(20,21)22)9-5-3-2-4-6-9/h2-8H,1H3,(H,24,28). The molecule has 1 aromatic carbocycles. The third-order valence-corrected chi connectivity index (χ3v) is 3.63. The van der Waals surface area contributed by atoms with Crippen LogP contribution in [0.3, 0.4) is 0 Å². The highest BCUT2D eigenvalue weighted by Crippen LogP contribution is 2.37. The molecule has 0 unspecified atom stereocenters. The quantitative estimate of drug-likeness (QED) is 0.675. The Morgan fingerprint density at radius 1 is 1.04 bits per heavy atom. The number of aryl methyl sites for hydroxylation is 1. The lowest BCUT2D eigenvalue weighted by Crippen LogP contribution is -2.21. The van der Waals surface area contributed by atoms with Gasteiger partial charge in [0.05, 0.1) is 23.1 Å². The highest BCUT2D eigenvalue weighted by atomic mass is 19.4. The summed E-state index contributed by atoms with van der Waals surface area (Å²) < 4.78 is 80.9. The van der Waals surface area contributed by atoms with E-state index in [4.69, 9.17) is 0 Å². The summed E-state index contributed by atoms with van der Waals surface area (Å²) in [6, 6.07) is 7.28. The molecule has 0 spiro atoms. The zero-order valence-corrected chi connectivity index (χ0v) is 14.0. The first kappa shape index (κ1) is 19.5. The minimum absolute atomic E-state index is 0.0627. The van der Waals surface area contributed by atoms with Gasteiger partial charge in [-0.1, -0.05) is 18.2 Å². The van der Waals surface area contributed by atoms with Crippen molar-refractivity contribution >= 4 is 11.6 Å². The summed E-state index contributed by atoms with van der Waals surface area (Å²) in [6.45, 7) is 0. The van der Waals surface area contributed by atoms with E-state index in [1.54, 1.807) is 6.07 Å². The normalized spacial score (nSPS) is 12.2. The molecule has 28 heavy (non-hydrogen) atoms. The molecule has 0 fully saturated rings. The van der Waals surface area contributed by atoms with Crippen LogP contribution in [0.25, 0.3) is 5.69 Å². The van der Waals surface area contributed by atoms with Crippen LogP contribution < -0.4 is 5.32 Å². The van der Waals surface area contributed by atoms with Crippen molar-refractivity contribution in [3.05, 3.63) is 59.7 Å². The molecule has 0 aliphatic carbocycles. The first-order valence-corrected chi connectivity index (χ1v) is 7.61. The number of hydrogen-bond donors (Lipinski definition) is 1. The number of anilines is 1. The smallest absolute Gasteiger partial charge is 0.319 e. The second kappa shape index (κ2) is 6.69. The predicted molar refractivity (Wildman–Crippen MR) is 84.7 cm³/mol. The van der Waals surface area contributed by atoms with Gasteiger partial charge in [0.2, 0.25) is 0 Å². The van der Waals surface area contributed by atoms with E-state index < -0.39 is 40.9 Å². The van der Waals surface area contributed by atoms with Gasteiger partial charge in [0.25, 0.3) is 5.91 Å². The van der Waals surface area contributed by atoms with Crippen molar-refractivity contribution in [2.45, 2.75) is 12.4 Å². The number of carbonyl (C=O) groups is 1. The fourth-order valence-corrected chi connectivity index (χ4v) is 2.53. The van der Waals surface area contributed by atoms with Gasteiger partial charge in [0.15, 0.2) is 11.4 Å². The van der Waals surface area contributed by atoms with E-state index >= 15 is 0 Å². The summed E-state index contributed by atoms with van der Waals surface area (Å²) >= 11 is 0. The van der Waals surface area contributed by atoms with Gasteiger partial charge in [-0.3, -0.25) is 9.48 Å². The number of carbonyl (C=O) groups excluding carboxylic acids is 1. The fourth-order valence-electron chi connectivity index (χ4n) is 2.53. The van der Waals surface area contributed by atoms with Gasteiger partial charge >= 0.3 is 12.4 Å². The number of rotatable bonds is 3. The van der Waals surface area contributed by atoms with Crippen molar-refractivity contribution in [1.29, 1.82) is 0 Å². The number of alkyl halides is 6. The summed E-state index contributed by atoms with van der Waals surface area (Å²) in [7, 11) is 1.15. The largest absolute Gasteiger partial charge is 0.435 e. The van der Waals surface area contributed by atoms with E-state index in [0.29, 0.717) is 4.68 Å². The van der Waals surface area contributed by atoms with Crippen molar-refractivity contribution in [3.8, 4) is 5.69 Å². The first-order valence-electron chi connectivity index (χ1n) is 7.61. The molecule has 0 radical (unpaired) electrons. The Balaban J connectivity index is 2.02. The third-order valence-electron chi connectivity index (χ3n) is 3.63. The second-order valence-electron chi connectivity index (χ2n) is 5.67. The molecule has 6 nitrogen and oxygen atoms in total. The number of hydrogen-bond acceptors (Lipinski definition) is 3. The zero-order valence-electron chi connectivity index (χ0n) is 14.0. The van der Waals surface area contributed by atoms with Crippen LogP contribution in [-0.2, 0) is 19.4 Å². The van der Waals surface area contributed by atoms with Gasteiger partial charge in [0, 0.05) is 13.2 Å². The van der Waals surface area contributed by atoms with Crippen LogP contribution in [0.15, 0.2) is 42.7 Å². The summed E-state index contributed by atoms with van der Waals surface area (Å²) in [5.41, 5.74) is -4.46. The number of benzene rings is 1. The maximum atomic E-state index is 13.5. The van der Waals surface area contributed by atoms with Crippen molar-refractivity contribution in [2.75, 3.05) is 5.32 Å². The summed E-state index contributed by atoms with van der Waals surface area (Å²) in [6.07, 6.45) is -8.39. The molecule has 1 N–H and O–H groups in total. The summed E-state index contributed by atoms with van der Waals surface area (Å²) in [5.74, 6) is -1.39. The molecule has 0 atom stereocenters. The van der Waals surface area contributed by atoms with Crippen molar-refractivity contribution in [1.82, 2.24) is 19.6 Å². The van der Waals surface area contributed by atoms with Crippen molar-refractivity contribution in [3.63, 3.8) is 0 Å². The summed E-state index contributed by atoms with van der Waals surface area (Å²) in [4.78, 5) is 12.3. The van der Waals surface area contributed by atoms with Crippen LogP contribution in [-0.4, -0.2) is 25.5 Å². The molecule has 148 valence electrons. The average Bonchev–Trinajstić information content (AvgIpc) is 3.19. The van der Waals surface area contributed by atoms with Crippen LogP contribution in [0.2, 0.25) is 0 Å². The Bertz CT molecular complexity index is 1000. The number of amides is 1. The molecular formula is C16H11F6N5O. The van der Waals surface area contributed by atoms with Gasteiger partial charge in [-0.2, -0.15) is 36.5 Å². The van der Waals surface area contributed by atoms with Crippen LogP contribution >= 0.6 is 0 Å². The van der Waals surface area contributed by atoms with Gasteiger partial charge in [-0.05, 0) is 12.1 Å². The lowest BCUT2D eigenvalue weighted by molar-refractivity contribution is -0.142. The van der Waals surface area contributed by atoms with E-state index in [0.717, 1.165) is 24.1 Å². The number of nitrogens with zero attached hydrogens (tertiary/aromatic N) is 4. The maximum Gasteiger partial charge on any atom is 0.435 e. The molecule has 0 saturated carbocycles. The van der Waals surface area contributed by atoms with E-state index in [9.17, 15) is 31.1 Å².